The van der Waals surface area contributed by atoms with E-state index < -0.39 is 0 Å². The van der Waals surface area contributed by atoms with E-state index in [0.29, 0.717) is 41.3 Å². The van der Waals surface area contributed by atoms with Gasteiger partial charge in [-0.05, 0) is 23.6 Å². The Kier molecular flexibility index (Phi) is 6.72. The molecule has 0 fully saturated rings. The third-order valence-corrected chi connectivity index (χ3v) is 6.04. The smallest absolute Gasteiger partial charge is 0.258 e. The molecule has 4 rings (SSSR count). The zero-order chi connectivity index (χ0) is 22.5. The Balaban J connectivity index is 1.68. The fraction of sp³-hybridized carbons (Fsp3) is 0.250. The lowest BCUT2D eigenvalue weighted by molar-refractivity contribution is 0.239. The van der Waals surface area contributed by atoms with Gasteiger partial charge in [0.2, 0.25) is 0 Å². The van der Waals surface area contributed by atoms with Crippen molar-refractivity contribution < 1.29 is 14.2 Å². The summed E-state index contributed by atoms with van der Waals surface area (Å²) in [4.78, 5) is 23.9. The van der Waals surface area contributed by atoms with Crippen LogP contribution in [0.2, 0.25) is 0 Å². The lowest BCUT2D eigenvalue weighted by Gasteiger charge is -2.22. The van der Waals surface area contributed by atoms with Crippen molar-refractivity contribution in [2.75, 3.05) is 21.3 Å². The van der Waals surface area contributed by atoms with E-state index in [9.17, 15) is 4.79 Å². The number of ether oxygens (including phenoxy) is 3. The molecule has 0 radical (unpaired) electrons. The van der Waals surface area contributed by atoms with E-state index in [1.807, 2.05) is 30.3 Å². The van der Waals surface area contributed by atoms with Crippen molar-refractivity contribution in [3.8, 4) is 17.2 Å². The van der Waals surface area contributed by atoms with Crippen LogP contribution in [0.3, 0.4) is 0 Å². The first-order chi connectivity index (χ1) is 15.6. The van der Waals surface area contributed by atoms with Crippen molar-refractivity contribution in [1.29, 1.82) is 0 Å². The highest BCUT2D eigenvalue weighted by atomic mass is 32.1. The fourth-order valence-corrected chi connectivity index (χ4v) is 4.41. The highest BCUT2D eigenvalue weighted by Gasteiger charge is 2.16. The summed E-state index contributed by atoms with van der Waals surface area (Å²) in [6.45, 7) is 1.84. The molecule has 0 bridgehead atoms. The van der Waals surface area contributed by atoms with Gasteiger partial charge in [-0.3, -0.25) is 9.69 Å². The van der Waals surface area contributed by atoms with Crippen LogP contribution in [0.5, 0.6) is 17.2 Å². The number of aromatic nitrogens is 2. The van der Waals surface area contributed by atoms with Crippen LogP contribution in [-0.4, -0.2) is 36.2 Å². The monoisotopic (exact) mass is 451 g/mol. The van der Waals surface area contributed by atoms with E-state index in [2.05, 4.69) is 21.3 Å². The fourth-order valence-electron chi connectivity index (χ4n) is 3.67. The van der Waals surface area contributed by atoms with Crippen LogP contribution in [0, 0.1) is 0 Å². The van der Waals surface area contributed by atoms with Crippen LogP contribution in [0.1, 0.15) is 16.3 Å². The molecule has 32 heavy (non-hydrogen) atoms. The molecule has 2 aromatic carbocycles. The first-order valence-corrected chi connectivity index (χ1v) is 11.0. The number of hydrogen-bond acceptors (Lipinski definition) is 7. The number of methoxy groups -OCH3 is 3. The molecule has 0 aliphatic rings. The number of benzene rings is 2. The molecule has 0 spiro atoms. The van der Waals surface area contributed by atoms with Crippen LogP contribution in [0.25, 0.3) is 10.9 Å². The van der Waals surface area contributed by atoms with Gasteiger partial charge in [0.05, 0.1) is 38.8 Å². The number of para-hydroxylation sites is 1. The third-order valence-electron chi connectivity index (χ3n) is 5.18. The molecule has 0 atom stereocenters. The number of fused-ring (bicyclic) bond motifs is 1. The minimum atomic E-state index is -0.209. The van der Waals surface area contributed by atoms with Crippen LogP contribution in [0.15, 0.2) is 58.7 Å². The number of nitrogens with one attached hydrogen (secondary N) is 1. The maximum atomic E-state index is 12.8. The topological polar surface area (TPSA) is 76.7 Å². The predicted molar refractivity (Wildman–Crippen MR) is 126 cm³/mol. The lowest BCUT2D eigenvalue weighted by atomic mass is 10.2. The molecule has 2 aromatic heterocycles. The van der Waals surface area contributed by atoms with Gasteiger partial charge < -0.3 is 19.2 Å². The molecule has 0 aliphatic heterocycles. The van der Waals surface area contributed by atoms with Crippen LogP contribution in [0.4, 0.5) is 0 Å². The van der Waals surface area contributed by atoms with E-state index in [1.54, 1.807) is 44.8 Å². The van der Waals surface area contributed by atoms with E-state index in [4.69, 9.17) is 19.2 Å². The molecule has 0 saturated heterocycles. The number of aromatic amines is 1. The van der Waals surface area contributed by atoms with Crippen molar-refractivity contribution in [3.05, 3.63) is 80.5 Å². The van der Waals surface area contributed by atoms with Crippen LogP contribution >= 0.6 is 11.3 Å². The number of H-pyrrole nitrogens is 1. The molecular formula is C24H25N3O4S. The number of hydrogen-bond donors (Lipinski definition) is 1. The summed E-state index contributed by atoms with van der Waals surface area (Å²) in [5.41, 5.74) is 1.43. The Labute approximate surface area is 190 Å². The Hall–Kier alpha value is -3.36. The summed E-state index contributed by atoms with van der Waals surface area (Å²) in [7, 11) is 4.78. The summed E-state index contributed by atoms with van der Waals surface area (Å²) in [5.74, 6) is 2.45. The largest absolute Gasteiger partial charge is 0.496 e. The molecule has 0 unspecified atom stereocenters. The van der Waals surface area contributed by atoms with Gasteiger partial charge in [-0.1, -0.05) is 24.3 Å². The summed E-state index contributed by atoms with van der Waals surface area (Å²) in [6, 6.07) is 15.5. The van der Waals surface area contributed by atoms with Crippen LogP contribution in [-0.2, 0) is 19.6 Å². The van der Waals surface area contributed by atoms with Gasteiger partial charge in [0.1, 0.15) is 11.6 Å². The van der Waals surface area contributed by atoms with Crippen molar-refractivity contribution in [3.63, 3.8) is 0 Å². The second-order valence-corrected chi connectivity index (χ2v) is 8.31. The summed E-state index contributed by atoms with van der Waals surface area (Å²) < 4.78 is 16.2. The number of rotatable bonds is 9. The van der Waals surface area contributed by atoms with Gasteiger partial charge in [0, 0.05) is 29.6 Å². The minimum Gasteiger partial charge on any atom is -0.496 e. The van der Waals surface area contributed by atoms with Gasteiger partial charge in [-0.15, -0.1) is 11.3 Å². The van der Waals surface area contributed by atoms with Crippen LogP contribution < -0.4 is 19.8 Å². The summed E-state index contributed by atoms with van der Waals surface area (Å²) in [6.07, 6.45) is 0. The molecule has 2 heterocycles. The normalized spacial score (nSPS) is 11.1. The standard InChI is InChI=1S/C24H25N3O4S/c1-29-20-9-5-4-7-16(20)13-27(14-17-8-6-10-32-17)15-23-25-19-12-22(31-3)21(30-2)11-18(19)24(28)26-23/h4-12H,13-15H2,1-3H3,(H,25,26,28). The quantitative estimate of drug-likeness (QED) is 0.411. The number of thiophene rings is 1. The lowest BCUT2D eigenvalue weighted by Crippen LogP contribution is -2.25. The molecule has 166 valence electrons. The molecule has 4 aromatic rings. The zero-order valence-electron chi connectivity index (χ0n) is 18.3. The predicted octanol–water partition coefficient (Wildman–Crippen LogP) is 4.21. The maximum absolute atomic E-state index is 12.8. The average Bonchev–Trinajstić information content (AvgIpc) is 3.31. The molecular weight excluding hydrogens is 426 g/mol. The Morgan fingerprint density at radius 3 is 2.38 bits per heavy atom. The Morgan fingerprint density at radius 1 is 0.906 bits per heavy atom. The van der Waals surface area contributed by atoms with E-state index in [-0.39, 0.29) is 5.56 Å². The molecule has 0 saturated carbocycles. The molecule has 0 aliphatic carbocycles. The number of nitrogens with zero attached hydrogens (tertiary/aromatic N) is 2. The van der Waals surface area contributed by atoms with Gasteiger partial charge in [0.15, 0.2) is 11.5 Å². The second-order valence-electron chi connectivity index (χ2n) is 7.27. The zero-order valence-corrected chi connectivity index (χ0v) is 19.1. The van der Waals surface area contributed by atoms with Crippen molar-refractivity contribution >= 4 is 22.2 Å². The molecule has 7 nitrogen and oxygen atoms in total. The van der Waals surface area contributed by atoms with Gasteiger partial charge in [0.25, 0.3) is 5.56 Å². The maximum Gasteiger partial charge on any atom is 0.258 e. The second kappa shape index (κ2) is 9.84. The van der Waals surface area contributed by atoms with E-state index >= 15 is 0 Å². The first kappa shape index (κ1) is 21.9. The summed E-state index contributed by atoms with van der Waals surface area (Å²) >= 11 is 1.70. The van der Waals surface area contributed by atoms with Gasteiger partial charge >= 0.3 is 0 Å². The highest BCUT2D eigenvalue weighted by molar-refractivity contribution is 7.09. The van der Waals surface area contributed by atoms with Gasteiger partial charge in [-0.25, -0.2) is 4.98 Å². The minimum absolute atomic E-state index is 0.209. The van der Waals surface area contributed by atoms with E-state index in [0.717, 1.165) is 17.9 Å². The third kappa shape index (κ3) is 4.76. The van der Waals surface area contributed by atoms with E-state index in [1.165, 1.54) is 4.88 Å². The highest BCUT2D eigenvalue weighted by Crippen LogP contribution is 2.30. The van der Waals surface area contributed by atoms with Crippen molar-refractivity contribution in [2.24, 2.45) is 0 Å². The Bertz CT molecular complexity index is 1250. The SMILES string of the molecule is COc1ccccc1CN(Cc1nc2cc(OC)c(OC)cc2c(=O)[nH]1)Cc1cccs1. The van der Waals surface area contributed by atoms with Crippen molar-refractivity contribution in [1.82, 2.24) is 14.9 Å². The molecule has 0 amide bonds. The summed E-state index contributed by atoms with van der Waals surface area (Å²) in [5, 5.41) is 2.52. The van der Waals surface area contributed by atoms with Gasteiger partial charge in [-0.2, -0.15) is 0 Å². The van der Waals surface area contributed by atoms with Crippen molar-refractivity contribution in [2.45, 2.75) is 19.6 Å². The molecule has 1 N–H and O–H groups in total. The molecule has 8 heteroatoms. The average molecular weight is 452 g/mol. The first-order valence-electron chi connectivity index (χ1n) is 10.1. The Morgan fingerprint density at radius 2 is 1.66 bits per heavy atom.